The van der Waals surface area contributed by atoms with Crippen LogP contribution in [0.25, 0.3) is 0 Å². The summed E-state index contributed by atoms with van der Waals surface area (Å²) in [6, 6.07) is 10.7. The maximum absolute atomic E-state index is 9.11. The van der Waals surface area contributed by atoms with E-state index in [2.05, 4.69) is 16.4 Å². The van der Waals surface area contributed by atoms with Crippen molar-refractivity contribution in [2.45, 2.75) is 38.3 Å². The number of benzene rings is 1. The number of thiazole rings is 1. The molecule has 1 aromatic carbocycles. The van der Waals surface area contributed by atoms with Crippen LogP contribution in [0.15, 0.2) is 35.2 Å². The lowest BCUT2D eigenvalue weighted by molar-refractivity contribution is 0.302. The molecule has 0 amide bonds. The molecule has 5 heteroatoms. The number of hydrogen-bond donors (Lipinski definition) is 1. The lowest BCUT2D eigenvalue weighted by Crippen LogP contribution is -2.26. The monoisotopic (exact) mass is 313 g/mol. The molecule has 1 heterocycles. The van der Waals surface area contributed by atoms with Crippen LogP contribution in [-0.4, -0.2) is 11.0 Å². The van der Waals surface area contributed by atoms with Crippen molar-refractivity contribution in [3.05, 3.63) is 40.8 Å². The summed E-state index contributed by atoms with van der Waals surface area (Å²) in [6.07, 6.45) is 4.16. The van der Waals surface area contributed by atoms with E-state index in [0.717, 1.165) is 42.8 Å². The summed E-state index contributed by atoms with van der Waals surface area (Å²) in [6.45, 7) is 0.480. The van der Waals surface area contributed by atoms with Gasteiger partial charge in [0.1, 0.15) is 12.4 Å². The Labute approximate surface area is 134 Å². The van der Waals surface area contributed by atoms with Gasteiger partial charge in [0, 0.05) is 17.3 Å². The van der Waals surface area contributed by atoms with E-state index in [1.807, 2.05) is 35.2 Å². The van der Waals surface area contributed by atoms with Gasteiger partial charge in [-0.2, -0.15) is 5.26 Å². The van der Waals surface area contributed by atoms with E-state index in [1.54, 1.807) is 11.3 Å². The Hall–Kier alpha value is -2.06. The third kappa shape index (κ3) is 3.77. The van der Waals surface area contributed by atoms with Gasteiger partial charge in [-0.05, 0) is 31.4 Å². The molecule has 4 nitrogen and oxygen atoms in total. The summed E-state index contributed by atoms with van der Waals surface area (Å²) in [5, 5.41) is 14.7. The average Bonchev–Trinajstić information content (AvgIpc) is 3.08. The fourth-order valence-electron chi connectivity index (χ4n) is 2.83. The summed E-state index contributed by atoms with van der Waals surface area (Å²) in [5.41, 5.74) is 3.76. The van der Waals surface area contributed by atoms with Crippen LogP contribution in [0.1, 0.15) is 31.4 Å². The first-order valence-corrected chi connectivity index (χ1v) is 8.54. The quantitative estimate of drug-likeness (QED) is 0.898. The highest BCUT2D eigenvalue weighted by Crippen LogP contribution is 2.30. The van der Waals surface area contributed by atoms with Crippen LogP contribution in [0.4, 0.5) is 5.69 Å². The van der Waals surface area contributed by atoms with Gasteiger partial charge in [0.25, 0.3) is 0 Å². The van der Waals surface area contributed by atoms with Crippen LogP contribution in [-0.2, 0) is 6.61 Å². The van der Waals surface area contributed by atoms with Gasteiger partial charge < -0.3 is 10.1 Å². The molecular formula is C17H19N3OS. The van der Waals surface area contributed by atoms with Crippen molar-refractivity contribution >= 4 is 17.0 Å². The second-order valence-corrected chi connectivity index (χ2v) is 6.32. The number of ether oxygens (including phenoxy) is 1. The molecule has 1 aliphatic carbocycles. The largest absolute Gasteiger partial charge is 0.485 e. The zero-order chi connectivity index (χ0) is 15.2. The molecule has 1 aromatic heterocycles. The molecule has 0 saturated heterocycles. The highest BCUT2D eigenvalue weighted by atomic mass is 32.1. The van der Waals surface area contributed by atoms with Gasteiger partial charge in [0.2, 0.25) is 0 Å². The molecule has 0 bridgehead atoms. The Morgan fingerprint density at radius 1 is 1.36 bits per heavy atom. The number of hydrogen-bond acceptors (Lipinski definition) is 5. The normalized spacial score (nSPS) is 21.0. The van der Waals surface area contributed by atoms with Crippen molar-refractivity contribution in [3.63, 3.8) is 0 Å². The van der Waals surface area contributed by atoms with Crippen molar-refractivity contribution in [2.75, 3.05) is 5.32 Å². The number of rotatable bonds is 5. The molecule has 1 N–H and O–H groups in total. The number of nitrogens with zero attached hydrogens (tertiary/aromatic N) is 2. The van der Waals surface area contributed by atoms with Crippen molar-refractivity contribution in [2.24, 2.45) is 5.92 Å². The zero-order valence-electron chi connectivity index (χ0n) is 12.4. The maximum Gasteiger partial charge on any atom is 0.142 e. The number of para-hydroxylation sites is 2. The highest BCUT2D eigenvalue weighted by Gasteiger charge is 2.22. The molecular weight excluding hydrogens is 294 g/mol. The molecule has 114 valence electrons. The molecule has 0 aliphatic heterocycles. The smallest absolute Gasteiger partial charge is 0.142 e. The van der Waals surface area contributed by atoms with Crippen LogP contribution in [0.5, 0.6) is 5.75 Å². The minimum absolute atomic E-state index is 0.175. The highest BCUT2D eigenvalue weighted by molar-refractivity contribution is 7.07. The van der Waals surface area contributed by atoms with E-state index in [1.165, 1.54) is 0 Å². The fourth-order valence-corrected chi connectivity index (χ4v) is 3.37. The van der Waals surface area contributed by atoms with E-state index in [-0.39, 0.29) is 5.92 Å². The third-order valence-electron chi connectivity index (χ3n) is 3.96. The van der Waals surface area contributed by atoms with E-state index < -0.39 is 0 Å². The Morgan fingerprint density at radius 2 is 2.27 bits per heavy atom. The molecule has 22 heavy (non-hydrogen) atoms. The van der Waals surface area contributed by atoms with Gasteiger partial charge >= 0.3 is 0 Å². The van der Waals surface area contributed by atoms with Gasteiger partial charge in [0.15, 0.2) is 0 Å². The lowest BCUT2D eigenvalue weighted by atomic mass is 9.86. The van der Waals surface area contributed by atoms with Gasteiger partial charge in [0.05, 0.1) is 23.0 Å². The maximum atomic E-state index is 9.11. The van der Waals surface area contributed by atoms with Gasteiger partial charge in [-0.3, -0.25) is 0 Å². The van der Waals surface area contributed by atoms with Crippen LogP contribution in [0, 0.1) is 17.2 Å². The number of nitrogens with one attached hydrogen (secondary N) is 1. The SMILES string of the molecule is N#C[C@@H]1CCC[C@H](Nc2ccccc2OCc2cscn2)C1. The first-order chi connectivity index (χ1) is 10.8. The molecule has 2 aromatic rings. The van der Waals surface area contributed by atoms with E-state index in [4.69, 9.17) is 10.00 Å². The van der Waals surface area contributed by atoms with E-state index in [0.29, 0.717) is 12.6 Å². The molecule has 1 aliphatic rings. The Bertz CT molecular complexity index is 636. The van der Waals surface area contributed by atoms with Crippen LogP contribution >= 0.6 is 11.3 Å². The third-order valence-corrected chi connectivity index (χ3v) is 4.60. The minimum Gasteiger partial charge on any atom is -0.485 e. The Morgan fingerprint density at radius 3 is 3.09 bits per heavy atom. The molecule has 0 spiro atoms. The first-order valence-electron chi connectivity index (χ1n) is 7.60. The predicted octanol–water partition coefficient (Wildman–Crippen LogP) is 4.22. The summed E-state index contributed by atoms with van der Waals surface area (Å²) in [7, 11) is 0. The van der Waals surface area contributed by atoms with E-state index in [9.17, 15) is 0 Å². The van der Waals surface area contributed by atoms with Crippen molar-refractivity contribution in [3.8, 4) is 11.8 Å². The average molecular weight is 313 g/mol. The Balaban J connectivity index is 1.64. The van der Waals surface area contributed by atoms with Crippen molar-refractivity contribution < 1.29 is 4.74 Å². The van der Waals surface area contributed by atoms with Gasteiger partial charge in [-0.15, -0.1) is 11.3 Å². The number of nitriles is 1. The van der Waals surface area contributed by atoms with Gasteiger partial charge in [-0.1, -0.05) is 18.6 Å². The summed E-state index contributed by atoms with van der Waals surface area (Å²) >= 11 is 1.57. The van der Waals surface area contributed by atoms with E-state index >= 15 is 0 Å². The topological polar surface area (TPSA) is 57.9 Å². The second kappa shape index (κ2) is 7.28. The molecule has 3 rings (SSSR count). The lowest BCUT2D eigenvalue weighted by Gasteiger charge is -2.27. The first kappa shape index (κ1) is 14.9. The molecule has 0 unspecified atom stereocenters. The fraction of sp³-hybridized carbons (Fsp3) is 0.412. The minimum atomic E-state index is 0.175. The standard InChI is InChI=1S/C17H19N3OS/c18-9-13-4-3-5-14(8-13)20-16-6-1-2-7-17(16)21-10-15-11-22-12-19-15/h1-2,6-7,11-14,20H,3-5,8,10H2/t13-,14+/m1/s1. The van der Waals surface area contributed by atoms with Crippen molar-refractivity contribution in [1.82, 2.24) is 4.98 Å². The number of anilines is 1. The predicted molar refractivity (Wildman–Crippen MR) is 87.9 cm³/mol. The second-order valence-electron chi connectivity index (χ2n) is 5.60. The van der Waals surface area contributed by atoms with Crippen LogP contribution in [0.3, 0.4) is 0 Å². The zero-order valence-corrected chi connectivity index (χ0v) is 13.2. The number of aromatic nitrogens is 1. The summed E-state index contributed by atoms with van der Waals surface area (Å²) in [5.74, 6) is 1.02. The van der Waals surface area contributed by atoms with Gasteiger partial charge in [-0.25, -0.2) is 4.98 Å². The molecule has 1 saturated carbocycles. The van der Waals surface area contributed by atoms with Crippen LogP contribution < -0.4 is 10.1 Å². The van der Waals surface area contributed by atoms with Crippen molar-refractivity contribution in [1.29, 1.82) is 5.26 Å². The molecule has 1 fully saturated rings. The van der Waals surface area contributed by atoms with Crippen LogP contribution in [0.2, 0.25) is 0 Å². The summed E-state index contributed by atoms with van der Waals surface area (Å²) in [4.78, 5) is 4.23. The molecule has 0 radical (unpaired) electrons. The Kier molecular flexibility index (Phi) is 4.92. The summed E-state index contributed by atoms with van der Waals surface area (Å²) < 4.78 is 5.89. The molecule has 2 atom stereocenters.